The van der Waals surface area contributed by atoms with E-state index in [9.17, 15) is 9.59 Å². The second-order valence-electron chi connectivity index (χ2n) is 4.54. The molecule has 2 aromatic rings. The lowest BCUT2D eigenvalue weighted by atomic mass is 10.0. The van der Waals surface area contributed by atoms with Gasteiger partial charge in [0.05, 0.1) is 5.52 Å². The molecule has 0 spiro atoms. The fourth-order valence-electron chi connectivity index (χ4n) is 2.26. The van der Waals surface area contributed by atoms with Gasteiger partial charge in [-0.2, -0.15) is 0 Å². The van der Waals surface area contributed by atoms with Gasteiger partial charge in [-0.1, -0.05) is 24.3 Å². The number of fused-ring (bicyclic) bond motifs is 1. The van der Waals surface area contributed by atoms with Gasteiger partial charge < -0.3 is 0 Å². The molecule has 0 N–H and O–H groups in total. The second-order valence-corrected chi connectivity index (χ2v) is 4.54. The van der Waals surface area contributed by atoms with Crippen LogP contribution in [0.15, 0.2) is 48.2 Å². The van der Waals surface area contributed by atoms with Crippen LogP contribution in [0.1, 0.15) is 5.56 Å². The van der Waals surface area contributed by atoms with E-state index in [-0.39, 0.29) is 11.8 Å². The van der Waals surface area contributed by atoms with Crippen LogP contribution in [0.25, 0.3) is 10.9 Å². The van der Waals surface area contributed by atoms with Gasteiger partial charge in [0, 0.05) is 36.7 Å². The van der Waals surface area contributed by atoms with Crippen molar-refractivity contribution in [3.05, 3.63) is 53.7 Å². The molecule has 1 aliphatic heterocycles. The molecule has 4 heteroatoms. The number of carbonyl (C=O) groups is 2. The third kappa shape index (κ3) is 1.91. The fourth-order valence-corrected chi connectivity index (χ4v) is 2.26. The Bertz CT molecular complexity index is 714. The van der Waals surface area contributed by atoms with Gasteiger partial charge in [0.15, 0.2) is 0 Å². The van der Waals surface area contributed by atoms with E-state index in [1.54, 1.807) is 6.20 Å². The van der Waals surface area contributed by atoms with Gasteiger partial charge in [-0.3, -0.25) is 19.5 Å². The van der Waals surface area contributed by atoms with E-state index in [0.29, 0.717) is 12.0 Å². The zero-order valence-corrected chi connectivity index (χ0v) is 10.5. The number of nitrogens with zero attached hydrogens (tertiary/aromatic N) is 2. The summed E-state index contributed by atoms with van der Waals surface area (Å²) in [5.74, 6) is -0.480. The topological polar surface area (TPSA) is 50.3 Å². The molecule has 1 aromatic heterocycles. The highest BCUT2D eigenvalue weighted by atomic mass is 16.2. The molecule has 0 fully saturated rings. The van der Waals surface area contributed by atoms with Crippen molar-refractivity contribution in [2.75, 3.05) is 7.05 Å². The predicted octanol–water partition coefficient (Wildman–Crippen LogP) is 1.70. The third-order valence-corrected chi connectivity index (χ3v) is 3.30. The zero-order valence-electron chi connectivity index (χ0n) is 10.5. The zero-order chi connectivity index (χ0) is 13.4. The smallest absolute Gasteiger partial charge is 0.256 e. The molecule has 0 saturated heterocycles. The van der Waals surface area contributed by atoms with E-state index in [1.807, 2.05) is 30.3 Å². The Labute approximate surface area is 110 Å². The molecule has 3 rings (SSSR count). The molecular weight excluding hydrogens is 240 g/mol. The van der Waals surface area contributed by atoms with Crippen LogP contribution in [-0.4, -0.2) is 28.7 Å². The molecular formula is C15H12N2O2. The quantitative estimate of drug-likeness (QED) is 0.764. The molecule has 0 aliphatic carbocycles. The van der Waals surface area contributed by atoms with Gasteiger partial charge in [-0.15, -0.1) is 0 Å². The summed E-state index contributed by atoms with van der Waals surface area (Å²) >= 11 is 0. The van der Waals surface area contributed by atoms with Crippen molar-refractivity contribution in [3.63, 3.8) is 0 Å². The number of rotatable bonds is 2. The van der Waals surface area contributed by atoms with Crippen molar-refractivity contribution in [2.45, 2.75) is 6.42 Å². The minimum Gasteiger partial charge on any atom is -0.278 e. The number of hydrogen-bond donors (Lipinski definition) is 0. The number of pyridine rings is 1. The minimum atomic E-state index is -0.256. The molecule has 4 nitrogen and oxygen atoms in total. The molecule has 0 bridgehead atoms. The molecule has 94 valence electrons. The van der Waals surface area contributed by atoms with Gasteiger partial charge in [0.2, 0.25) is 0 Å². The fraction of sp³-hybridized carbons (Fsp3) is 0.133. The largest absolute Gasteiger partial charge is 0.278 e. The maximum absolute atomic E-state index is 11.9. The van der Waals surface area contributed by atoms with Crippen LogP contribution < -0.4 is 0 Å². The highest BCUT2D eigenvalue weighted by Gasteiger charge is 2.27. The Morgan fingerprint density at radius 2 is 1.95 bits per heavy atom. The molecule has 1 aromatic carbocycles. The van der Waals surface area contributed by atoms with E-state index in [0.717, 1.165) is 21.4 Å². The number of likely N-dealkylation sites (N-methyl/N-ethyl adjacent to an activating group) is 1. The van der Waals surface area contributed by atoms with Gasteiger partial charge in [-0.25, -0.2) is 0 Å². The predicted molar refractivity (Wildman–Crippen MR) is 71.3 cm³/mol. The number of benzene rings is 1. The number of carbonyl (C=O) groups excluding carboxylic acids is 2. The van der Waals surface area contributed by atoms with Crippen molar-refractivity contribution in [2.24, 2.45) is 0 Å². The van der Waals surface area contributed by atoms with E-state index in [1.165, 1.54) is 13.1 Å². The third-order valence-electron chi connectivity index (χ3n) is 3.30. The highest BCUT2D eigenvalue weighted by Crippen LogP contribution is 2.21. The Morgan fingerprint density at radius 3 is 2.68 bits per heavy atom. The van der Waals surface area contributed by atoms with E-state index >= 15 is 0 Å². The molecule has 0 atom stereocenters. The van der Waals surface area contributed by atoms with Crippen LogP contribution in [0, 0.1) is 0 Å². The average Bonchev–Trinajstić information content (AvgIpc) is 2.67. The lowest BCUT2D eigenvalue weighted by Gasteiger charge is -2.08. The molecule has 0 radical (unpaired) electrons. The van der Waals surface area contributed by atoms with Crippen LogP contribution in [0.4, 0.5) is 0 Å². The Balaban J connectivity index is 2.01. The lowest BCUT2D eigenvalue weighted by Crippen LogP contribution is -2.26. The Hall–Kier alpha value is -2.49. The summed E-state index contributed by atoms with van der Waals surface area (Å²) in [7, 11) is 1.50. The summed E-state index contributed by atoms with van der Waals surface area (Å²) in [6.07, 6.45) is 3.57. The summed E-state index contributed by atoms with van der Waals surface area (Å²) in [4.78, 5) is 28.8. The normalized spacial score (nSPS) is 15.2. The lowest BCUT2D eigenvalue weighted by molar-refractivity contribution is -0.135. The number of amides is 2. The van der Waals surface area contributed by atoms with Crippen LogP contribution in [0.3, 0.4) is 0 Å². The first kappa shape index (κ1) is 11.6. The molecule has 0 saturated carbocycles. The Morgan fingerprint density at radius 1 is 1.16 bits per heavy atom. The van der Waals surface area contributed by atoms with Crippen molar-refractivity contribution < 1.29 is 9.59 Å². The summed E-state index contributed by atoms with van der Waals surface area (Å²) in [6.45, 7) is 0. The minimum absolute atomic E-state index is 0.224. The number of aromatic nitrogens is 1. The van der Waals surface area contributed by atoms with E-state index in [4.69, 9.17) is 0 Å². The summed E-state index contributed by atoms with van der Waals surface area (Å²) in [5.41, 5.74) is 2.35. The summed E-state index contributed by atoms with van der Waals surface area (Å²) < 4.78 is 0. The maximum Gasteiger partial charge on any atom is 0.256 e. The molecule has 2 amide bonds. The van der Waals surface area contributed by atoms with E-state index in [2.05, 4.69) is 4.98 Å². The summed E-state index contributed by atoms with van der Waals surface area (Å²) in [5, 5.41) is 1.03. The molecule has 0 unspecified atom stereocenters. The van der Waals surface area contributed by atoms with Crippen molar-refractivity contribution >= 4 is 22.7 Å². The van der Waals surface area contributed by atoms with Gasteiger partial charge in [0.1, 0.15) is 0 Å². The number of imide groups is 1. The van der Waals surface area contributed by atoms with Crippen LogP contribution >= 0.6 is 0 Å². The van der Waals surface area contributed by atoms with Crippen molar-refractivity contribution in [1.29, 1.82) is 0 Å². The van der Waals surface area contributed by atoms with E-state index < -0.39 is 0 Å². The first-order valence-corrected chi connectivity index (χ1v) is 6.02. The van der Waals surface area contributed by atoms with Crippen LogP contribution in [-0.2, 0) is 16.0 Å². The first-order chi connectivity index (χ1) is 9.16. The monoisotopic (exact) mass is 252 g/mol. The standard InChI is InChI=1S/C15H12N2O2/c1-17-13(18)9-12(15(17)19)8-11-5-2-4-10-6-3-7-16-14(10)11/h2-7,9H,8H2,1H3. The number of para-hydroxylation sites is 1. The average molecular weight is 252 g/mol. The van der Waals surface area contributed by atoms with Crippen LogP contribution in [0.5, 0.6) is 0 Å². The number of hydrogen-bond acceptors (Lipinski definition) is 3. The molecule has 2 heterocycles. The van der Waals surface area contributed by atoms with Gasteiger partial charge in [-0.05, 0) is 11.6 Å². The van der Waals surface area contributed by atoms with Gasteiger partial charge >= 0.3 is 0 Å². The van der Waals surface area contributed by atoms with Gasteiger partial charge in [0.25, 0.3) is 11.8 Å². The van der Waals surface area contributed by atoms with Crippen LogP contribution in [0.2, 0.25) is 0 Å². The Kier molecular flexibility index (Phi) is 2.63. The molecule has 19 heavy (non-hydrogen) atoms. The van der Waals surface area contributed by atoms with Crippen molar-refractivity contribution in [1.82, 2.24) is 9.88 Å². The van der Waals surface area contributed by atoms with Crippen molar-refractivity contribution in [3.8, 4) is 0 Å². The second kappa shape index (κ2) is 4.31. The maximum atomic E-state index is 11.9. The first-order valence-electron chi connectivity index (χ1n) is 6.02. The molecule has 1 aliphatic rings. The summed E-state index contributed by atoms with van der Waals surface area (Å²) in [6, 6.07) is 9.71. The SMILES string of the molecule is CN1C(=O)C=C(Cc2cccc3cccnc23)C1=O. The highest BCUT2D eigenvalue weighted by molar-refractivity contribution is 6.16.